The highest BCUT2D eigenvalue weighted by Gasteiger charge is 2.59. The molecule has 96 valence electrons. The van der Waals surface area contributed by atoms with Crippen LogP contribution in [0.5, 0.6) is 0 Å². The molecule has 0 aromatic rings. The number of carbonyl (C=O) groups excluding carboxylic acids is 1. The fourth-order valence-corrected chi connectivity index (χ4v) is 3.63. The Kier molecular flexibility index (Phi) is 2.18. The number of ether oxygens (including phenoxy) is 3. The molecule has 3 rings (SSSR count). The van der Waals surface area contributed by atoms with Gasteiger partial charge in [-0.15, -0.1) is 0 Å². The van der Waals surface area contributed by atoms with Crippen molar-refractivity contribution in [2.75, 3.05) is 0 Å². The zero-order chi connectivity index (χ0) is 12.4. The van der Waals surface area contributed by atoms with Crippen molar-refractivity contribution in [3.8, 4) is 0 Å². The van der Waals surface area contributed by atoms with E-state index in [1.807, 2.05) is 20.8 Å². The largest absolute Gasteiger partial charge is 0.462 e. The van der Waals surface area contributed by atoms with Gasteiger partial charge in [-0.1, -0.05) is 6.92 Å². The van der Waals surface area contributed by atoms with Gasteiger partial charge >= 0.3 is 5.97 Å². The first-order valence-electron chi connectivity index (χ1n) is 6.39. The number of rotatable bonds is 0. The molecule has 2 aliphatic heterocycles. The van der Waals surface area contributed by atoms with E-state index in [2.05, 4.69) is 6.92 Å². The average Bonchev–Trinajstić information content (AvgIpc) is 2.56. The van der Waals surface area contributed by atoms with E-state index in [-0.39, 0.29) is 35.6 Å². The zero-order valence-electron chi connectivity index (χ0n) is 10.9. The van der Waals surface area contributed by atoms with Crippen LogP contribution < -0.4 is 0 Å². The molecular weight excluding hydrogens is 220 g/mol. The van der Waals surface area contributed by atoms with Crippen LogP contribution in [0.15, 0.2) is 0 Å². The van der Waals surface area contributed by atoms with Gasteiger partial charge in [0.15, 0.2) is 5.79 Å². The lowest BCUT2D eigenvalue weighted by Gasteiger charge is -2.39. The lowest BCUT2D eigenvalue weighted by atomic mass is 9.73. The molecule has 4 heteroatoms. The molecule has 0 bridgehead atoms. The predicted octanol–water partition coefficient (Wildman–Crippen LogP) is 1.87. The second-order valence-corrected chi connectivity index (χ2v) is 6.29. The Morgan fingerprint density at radius 2 is 2.00 bits per heavy atom. The summed E-state index contributed by atoms with van der Waals surface area (Å²) in [5, 5.41) is 0. The quantitative estimate of drug-likeness (QED) is 0.606. The van der Waals surface area contributed by atoms with Crippen LogP contribution in [-0.4, -0.2) is 29.6 Å². The molecule has 4 nitrogen and oxygen atoms in total. The molecule has 17 heavy (non-hydrogen) atoms. The van der Waals surface area contributed by atoms with Gasteiger partial charge in [-0.2, -0.15) is 0 Å². The maximum atomic E-state index is 11.6. The molecule has 0 aromatic carbocycles. The number of hydrogen-bond donors (Lipinski definition) is 0. The van der Waals surface area contributed by atoms with Gasteiger partial charge in [-0.25, -0.2) is 0 Å². The lowest BCUT2D eigenvalue weighted by Crippen LogP contribution is -2.48. The van der Waals surface area contributed by atoms with Gasteiger partial charge in [-0.05, 0) is 27.2 Å². The predicted molar refractivity (Wildman–Crippen MR) is 60.2 cm³/mol. The molecule has 0 spiro atoms. The second kappa shape index (κ2) is 3.23. The average molecular weight is 240 g/mol. The molecule has 0 radical (unpaired) electrons. The fourth-order valence-electron chi connectivity index (χ4n) is 3.63. The van der Waals surface area contributed by atoms with Crippen molar-refractivity contribution in [3.63, 3.8) is 0 Å². The van der Waals surface area contributed by atoms with Gasteiger partial charge < -0.3 is 14.2 Å². The Hall–Kier alpha value is -0.610. The first-order valence-corrected chi connectivity index (χ1v) is 6.39. The van der Waals surface area contributed by atoms with E-state index in [0.717, 1.165) is 12.8 Å². The van der Waals surface area contributed by atoms with Crippen LogP contribution >= 0.6 is 0 Å². The summed E-state index contributed by atoms with van der Waals surface area (Å²) in [5.41, 5.74) is -0.311. The van der Waals surface area contributed by atoms with Gasteiger partial charge in [0, 0.05) is 12.3 Å². The zero-order valence-corrected chi connectivity index (χ0v) is 10.9. The SMILES string of the molecule is C[C@H]1C(=O)O[C@@H]2C[C@]3(C)OC(C)(C)O[C@@H]3C[C@@H]21. The molecule has 0 amide bonds. The Labute approximate surface area is 102 Å². The number of hydrogen-bond acceptors (Lipinski definition) is 4. The molecule has 0 N–H and O–H groups in total. The molecule has 0 aromatic heterocycles. The Morgan fingerprint density at radius 1 is 1.29 bits per heavy atom. The first-order chi connectivity index (χ1) is 7.81. The van der Waals surface area contributed by atoms with Crippen molar-refractivity contribution in [1.82, 2.24) is 0 Å². The van der Waals surface area contributed by atoms with Gasteiger partial charge in [0.2, 0.25) is 0 Å². The number of carbonyl (C=O) groups is 1. The van der Waals surface area contributed by atoms with E-state index >= 15 is 0 Å². The summed E-state index contributed by atoms with van der Waals surface area (Å²) in [6.45, 7) is 7.92. The summed E-state index contributed by atoms with van der Waals surface area (Å²) in [7, 11) is 0. The summed E-state index contributed by atoms with van der Waals surface area (Å²) >= 11 is 0. The Bertz CT molecular complexity index is 364. The summed E-state index contributed by atoms with van der Waals surface area (Å²) < 4.78 is 17.4. The van der Waals surface area contributed by atoms with E-state index in [4.69, 9.17) is 14.2 Å². The minimum atomic E-state index is -0.523. The second-order valence-electron chi connectivity index (χ2n) is 6.29. The molecule has 1 aliphatic carbocycles. The van der Waals surface area contributed by atoms with Crippen LogP contribution in [0.4, 0.5) is 0 Å². The van der Waals surface area contributed by atoms with Crippen molar-refractivity contribution in [3.05, 3.63) is 0 Å². The first kappa shape index (κ1) is 11.5. The van der Waals surface area contributed by atoms with Crippen molar-refractivity contribution < 1.29 is 19.0 Å². The van der Waals surface area contributed by atoms with Gasteiger partial charge in [0.05, 0.1) is 17.6 Å². The summed E-state index contributed by atoms with van der Waals surface area (Å²) in [6.07, 6.45) is 1.70. The van der Waals surface area contributed by atoms with E-state index in [1.165, 1.54) is 0 Å². The van der Waals surface area contributed by atoms with E-state index in [1.54, 1.807) is 0 Å². The van der Waals surface area contributed by atoms with Crippen LogP contribution in [0.3, 0.4) is 0 Å². The maximum Gasteiger partial charge on any atom is 0.309 e. The summed E-state index contributed by atoms with van der Waals surface area (Å²) in [6, 6.07) is 0. The standard InChI is InChI=1S/C13H20O4/c1-7-8-5-10-13(4,17-12(2,3)16-10)6-9(8)15-11(7)14/h7-10H,5-6H2,1-4H3/t7-,8-,9-,10-,13+/m1/s1. The molecule has 5 atom stereocenters. The highest BCUT2D eigenvalue weighted by Crippen LogP contribution is 2.50. The molecule has 2 heterocycles. The highest BCUT2D eigenvalue weighted by molar-refractivity contribution is 5.75. The van der Waals surface area contributed by atoms with Crippen molar-refractivity contribution in [2.45, 2.75) is 64.1 Å². The summed E-state index contributed by atoms with van der Waals surface area (Å²) in [4.78, 5) is 11.6. The monoisotopic (exact) mass is 240 g/mol. The normalized spacial score (nSPS) is 51.9. The third kappa shape index (κ3) is 1.61. The van der Waals surface area contributed by atoms with Crippen molar-refractivity contribution in [1.29, 1.82) is 0 Å². The third-order valence-electron chi connectivity index (χ3n) is 4.44. The van der Waals surface area contributed by atoms with E-state index in [0.29, 0.717) is 0 Å². The third-order valence-corrected chi connectivity index (χ3v) is 4.44. The fraction of sp³-hybridized carbons (Fsp3) is 0.923. The molecule has 2 saturated heterocycles. The smallest absolute Gasteiger partial charge is 0.309 e. The maximum absolute atomic E-state index is 11.6. The minimum absolute atomic E-state index is 0.00291. The molecule has 3 aliphatic rings. The highest BCUT2D eigenvalue weighted by atomic mass is 16.8. The van der Waals surface area contributed by atoms with E-state index < -0.39 is 5.79 Å². The van der Waals surface area contributed by atoms with Gasteiger partial charge in [-0.3, -0.25) is 4.79 Å². The van der Waals surface area contributed by atoms with Crippen molar-refractivity contribution >= 4 is 5.97 Å². The molecule has 1 saturated carbocycles. The Morgan fingerprint density at radius 3 is 2.71 bits per heavy atom. The lowest BCUT2D eigenvalue weighted by molar-refractivity contribution is -0.165. The van der Waals surface area contributed by atoms with Crippen LogP contribution in [0.2, 0.25) is 0 Å². The number of esters is 1. The minimum Gasteiger partial charge on any atom is -0.462 e. The van der Waals surface area contributed by atoms with E-state index in [9.17, 15) is 4.79 Å². The van der Waals surface area contributed by atoms with Gasteiger partial charge in [0.25, 0.3) is 0 Å². The van der Waals surface area contributed by atoms with Crippen molar-refractivity contribution in [2.24, 2.45) is 11.8 Å². The van der Waals surface area contributed by atoms with Crippen LogP contribution in [0.1, 0.15) is 40.5 Å². The van der Waals surface area contributed by atoms with Crippen LogP contribution in [0, 0.1) is 11.8 Å². The van der Waals surface area contributed by atoms with Gasteiger partial charge in [0.1, 0.15) is 6.10 Å². The molecule has 3 fully saturated rings. The summed E-state index contributed by atoms with van der Waals surface area (Å²) in [5.74, 6) is -0.302. The topological polar surface area (TPSA) is 44.8 Å². The molecule has 0 unspecified atom stereocenters. The molecular formula is C13H20O4. The van der Waals surface area contributed by atoms with Crippen LogP contribution in [-0.2, 0) is 19.0 Å². The van der Waals surface area contributed by atoms with Crippen LogP contribution in [0.25, 0.3) is 0 Å². The number of fused-ring (bicyclic) bond motifs is 2. The Balaban J connectivity index is 1.85.